The van der Waals surface area contributed by atoms with Crippen molar-refractivity contribution in [1.82, 2.24) is 20.4 Å². The number of halogens is 1. The maximum Gasteiger partial charge on any atom is 0.272 e. The van der Waals surface area contributed by atoms with Gasteiger partial charge in [0.25, 0.3) is 5.91 Å². The monoisotopic (exact) mass is 358 g/mol. The molecule has 3 rings (SSSR count). The van der Waals surface area contributed by atoms with Gasteiger partial charge in [0.15, 0.2) is 0 Å². The van der Waals surface area contributed by atoms with E-state index in [9.17, 15) is 9.18 Å². The number of hydrogen-bond donors (Lipinski definition) is 2. The highest BCUT2D eigenvalue weighted by molar-refractivity contribution is 5.92. The van der Waals surface area contributed by atoms with Gasteiger partial charge in [-0.05, 0) is 48.6 Å². The molecule has 0 aliphatic carbocycles. The van der Waals surface area contributed by atoms with E-state index >= 15 is 0 Å². The van der Waals surface area contributed by atoms with Crippen LogP contribution >= 0.6 is 0 Å². The number of nitrogens with one attached hydrogen (secondary N) is 2. The van der Waals surface area contributed by atoms with Crippen LogP contribution in [-0.4, -0.2) is 28.8 Å². The molecule has 6 heteroatoms. The van der Waals surface area contributed by atoms with Gasteiger partial charge in [-0.2, -0.15) is 5.10 Å². The van der Waals surface area contributed by atoms with Crippen LogP contribution in [0.25, 0.3) is 0 Å². The van der Waals surface area contributed by atoms with Crippen molar-refractivity contribution < 1.29 is 9.18 Å². The molecule has 2 heterocycles. The summed E-state index contributed by atoms with van der Waals surface area (Å²) in [6.07, 6.45) is 4.05. The number of carbonyl (C=O) groups is 1. The number of carbonyl (C=O) groups excluding carboxylic acids is 1. The standard InChI is InChI=1S/C20H27FN4O/c1-20(2,3)18(14-6-8-15(21)9-7-14)23-19(26)17-10-12-25(24-17)16-5-4-11-22-13-16/h6-10,12,16,18,22H,4-5,11,13H2,1-3H3,(H,23,26). The van der Waals surface area contributed by atoms with Gasteiger partial charge in [0.2, 0.25) is 0 Å². The fourth-order valence-corrected chi connectivity index (χ4v) is 3.38. The number of hydrogen-bond acceptors (Lipinski definition) is 3. The molecular formula is C20H27FN4O. The van der Waals surface area contributed by atoms with Crippen molar-refractivity contribution in [1.29, 1.82) is 0 Å². The molecule has 2 unspecified atom stereocenters. The first-order chi connectivity index (χ1) is 12.3. The maximum atomic E-state index is 13.2. The Kier molecular flexibility index (Phi) is 5.41. The van der Waals surface area contributed by atoms with Gasteiger partial charge in [-0.25, -0.2) is 4.39 Å². The van der Waals surface area contributed by atoms with Crippen LogP contribution in [0.4, 0.5) is 4.39 Å². The second-order valence-electron chi connectivity index (χ2n) is 8.01. The van der Waals surface area contributed by atoms with Gasteiger partial charge < -0.3 is 10.6 Å². The Hall–Kier alpha value is -2.21. The van der Waals surface area contributed by atoms with E-state index < -0.39 is 0 Å². The average molecular weight is 358 g/mol. The van der Waals surface area contributed by atoms with E-state index in [4.69, 9.17) is 0 Å². The molecule has 5 nitrogen and oxygen atoms in total. The average Bonchev–Trinajstić information content (AvgIpc) is 3.10. The van der Waals surface area contributed by atoms with Crippen LogP contribution in [0.2, 0.25) is 0 Å². The zero-order valence-electron chi connectivity index (χ0n) is 15.6. The van der Waals surface area contributed by atoms with Crippen molar-refractivity contribution in [3.63, 3.8) is 0 Å². The molecule has 1 amide bonds. The van der Waals surface area contributed by atoms with E-state index in [1.165, 1.54) is 12.1 Å². The molecule has 1 aromatic carbocycles. The maximum absolute atomic E-state index is 13.2. The first-order valence-corrected chi connectivity index (χ1v) is 9.17. The Morgan fingerprint density at radius 3 is 2.65 bits per heavy atom. The zero-order valence-corrected chi connectivity index (χ0v) is 15.6. The molecule has 0 bridgehead atoms. The molecule has 0 radical (unpaired) electrons. The molecule has 1 saturated heterocycles. The highest BCUT2D eigenvalue weighted by Crippen LogP contribution is 2.33. The predicted octanol–water partition coefficient (Wildman–Crippen LogP) is 3.46. The molecule has 1 fully saturated rings. The second-order valence-corrected chi connectivity index (χ2v) is 8.01. The quantitative estimate of drug-likeness (QED) is 0.880. The lowest BCUT2D eigenvalue weighted by Gasteiger charge is -2.31. The van der Waals surface area contributed by atoms with Crippen LogP contribution in [0.15, 0.2) is 36.5 Å². The fraction of sp³-hybridized carbons (Fsp3) is 0.500. The number of amides is 1. The van der Waals surface area contributed by atoms with Crippen LogP contribution in [0.1, 0.15) is 61.7 Å². The Morgan fingerprint density at radius 2 is 2.04 bits per heavy atom. The van der Waals surface area contributed by atoms with Crippen molar-refractivity contribution in [2.75, 3.05) is 13.1 Å². The molecule has 0 saturated carbocycles. The summed E-state index contributed by atoms with van der Waals surface area (Å²) in [5, 5.41) is 10.9. The Morgan fingerprint density at radius 1 is 1.31 bits per heavy atom. The molecule has 2 atom stereocenters. The lowest BCUT2D eigenvalue weighted by Crippen LogP contribution is -2.37. The number of aromatic nitrogens is 2. The molecule has 26 heavy (non-hydrogen) atoms. The number of piperidine rings is 1. The highest BCUT2D eigenvalue weighted by atomic mass is 19.1. The van der Waals surface area contributed by atoms with E-state index in [2.05, 4.69) is 15.7 Å². The van der Waals surface area contributed by atoms with Crippen molar-refractivity contribution in [2.24, 2.45) is 5.41 Å². The van der Waals surface area contributed by atoms with Gasteiger partial charge in [0.05, 0.1) is 12.1 Å². The Bertz CT molecular complexity index is 742. The molecule has 1 aliphatic rings. The lowest BCUT2D eigenvalue weighted by atomic mass is 9.82. The smallest absolute Gasteiger partial charge is 0.272 e. The van der Waals surface area contributed by atoms with Gasteiger partial charge in [-0.3, -0.25) is 9.48 Å². The van der Waals surface area contributed by atoms with Crippen molar-refractivity contribution >= 4 is 5.91 Å². The third kappa shape index (κ3) is 4.30. The van der Waals surface area contributed by atoms with Crippen LogP contribution < -0.4 is 10.6 Å². The molecule has 2 N–H and O–H groups in total. The van der Waals surface area contributed by atoms with Crippen molar-refractivity contribution in [2.45, 2.75) is 45.7 Å². The summed E-state index contributed by atoms with van der Waals surface area (Å²) < 4.78 is 15.1. The molecule has 1 aromatic heterocycles. The normalized spacial score (nSPS) is 19.2. The van der Waals surface area contributed by atoms with E-state index in [-0.39, 0.29) is 23.2 Å². The van der Waals surface area contributed by atoms with Crippen LogP contribution in [-0.2, 0) is 0 Å². The topological polar surface area (TPSA) is 59.0 Å². The van der Waals surface area contributed by atoms with Crippen LogP contribution in [0.3, 0.4) is 0 Å². The molecule has 0 spiro atoms. The third-order valence-corrected chi connectivity index (χ3v) is 4.83. The highest BCUT2D eigenvalue weighted by Gasteiger charge is 2.29. The van der Waals surface area contributed by atoms with Crippen molar-refractivity contribution in [3.05, 3.63) is 53.6 Å². The summed E-state index contributed by atoms with van der Waals surface area (Å²) in [7, 11) is 0. The number of benzene rings is 1. The summed E-state index contributed by atoms with van der Waals surface area (Å²) in [5.41, 5.74) is 1.07. The van der Waals surface area contributed by atoms with E-state index in [1.54, 1.807) is 18.2 Å². The SMILES string of the molecule is CC(C)(C)C(NC(=O)c1ccn(C2CCCNC2)n1)c1ccc(F)cc1. The second kappa shape index (κ2) is 7.58. The summed E-state index contributed by atoms with van der Waals surface area (Å²) >= 11 is 0. The zero-order chi connectivity index (χ0) is 18.7. The van der Waals surface area contributed by atoms with Crippen LogP contribution in [0.5, 0.6) is 0 Å². The third-order valence-electron chi connectivity index (χ3n) is 4.83. The minimum absolute atomic E-state index is 0.211. The molecule has 2 aromatic rings. The Balaban J connectivity index is 1.75. The van der Waals surface area contributed by atoms with Crippen LogP contribution in [0, 0.1) is 11.2 Å². The predicted molar refractivity (Wildman–Crippen MR) is 99.4 cm³/mol. The number of nitrogens with zero attached hydrogens (tertiary/aromatic N) is 2. The lowest BCUT2D eigenvalue weighted by molar-refractivity contribution is 0.0895. The largest absolute Gasteiger partial charge is 0.343 e. The van der Waals surface area contributed by atoms with Gasteiger partial charge >= 0.3 is 0 Å². The minimum Gasteiger partial charge on any atom is -0.343 e. The van der Waals surface area contributed by atoms with E-state index in [1.807, 2.05) is 31.6 Å². The minimum atomic E-state index is -0.285. The summed E-state index contributed by atoms with van der Waals surface area (Å²) in [5.74, 6) is -0.496. The Labute approximate surface area is 154 Å². The number of rotatable bonds is 4. The fourth-order valence-electron chi connectivity index (χ4n) is 3.38. The van der Waals surface area contributed by atoms with E-state index in [0.29, 0.717) is 11.7 Å². The summed E-state index contributed by atoms with van der Waals surface area (Å²) in [6, 6.07) is 8.10. The van der Waals surface area contributed by atoms with Gasteiger partial charge in [0, 0.05) is 12.7 Å². The molecular weight excluding hydrogens is 331 g/mol. The summed E-state index contributed by atoms with van der Waals surface area (Å²) in [4.78, 5) is 12.8. The first kappa shape index (κ1) is 18.6. The summed E-state index contributed by atoms with van der Waals surface area (Å²) in [6.45, 7) is 8.06. The van der Waals surface area contributed by atoms with Crippen molar-refractivity contribution in [3.8, 4) is 0 Å². The molecule has 140 valence electrons. The van der Waals surface area contributed by atoms with Gasteiger partial charge in [-0.15, -0.1) is 0 Å². The van der Waals surface area contributed by atoms with Gasteiger partial charge in [-0.1, -0.05) is 32.9 Å². The van der Waals surface area contributed by atoms with Gasteiger partial charge in [0.1, 0.15) is 11.5 Å². The first-order valence-electron chi connectivity index (χ1n) is 9.17. The molecule has 1 aliphatic heterocycles. The van der Waals surface area contributed by atoms with E-state index in [0.717, 1.165) is 31.5 Å².